The Balaban J connectivity index is 1.36. The van der Waals surface area contributed by atoms with Gasteiger partial charge < -0.3 is 5.32 Å². The summed E-state index contributed by atoms with van der Waals surface area (Å²) >= 11 is 3.38. The Hall–Kier alpha value is -2.26. The van der Waals surface area contributed by atoms with Crippen LogP contribution in [0, 0.1) is 0 Å². The second kappa shape index (κ2) is 8.85. The van der Waals surface area contributed by atoms with Crippen molar-refractivity contribution in [3.05, 3.63) is 71.2 Å². The quantitative estimate of drug-likeness (QED) is 0.597. The molecule has 156 valence electrons. The molecule has 3 aromatic rings. The number of fused-ring (bicyclic) bond motifs is 1. The average molecular weight is 488 g/mol. The third-order valence-corrected chi connectivity index (χ3v) is 7.55. The molecule has 1 fully saturated rings. The zero-order valence-corrected chi connectivity index (χ0v) is 18.7. The van der Waals surface area contributed by atoms with Crippen LogP contribution in [-0.2, 0) is 14.8 Å². The molecule has 4 rings (SSSR count). The van der Waals surface area contributed by atoms with Crippen LogP contribution in [0.3, 0.4) is 0 Å². The zero-order valence-electron chi connectivity index (χ0n) is 16.3. The maximum Gasteiger partial charge on any atom is 0.243 e. The highest BCUT2D eigenvalue weighted by Gasteiger charge is 2.29. The van der Waals surface area contributed by atoms with Gasteiger partial charge in [-0.25, -0.2) is 8.42 Å². The van der Waals surface area contributed by atoms with Gasteiger partial charge in [0.2, 0.25) is 15.9 Å². The lowest BCUT2D eigenvalue weighted by molar-refractivity contribution is -0.117. The highest BCUT2D eigenvalue weighted by atomic mass is 79.9. The van der Waals surface area contributed by atoms with Gasteiger partial charge in [-0.15, -0.1) is 0 Å². The van der Waals surface area contributed by atoms with Crippen LogP contribution in [-0.4, -0.2) is 56.3 Å². The molecule has 1 heterocycles. The Morgan fingerprint density at radius 2 is 1.63 bits per heavy atom. The monoisotopic (exact) mass is 487 g/mol. The molecule has 0 aliphatic carbocycles. The second-order valence-electron chi connectivity index (χ2n) is 7.25. The predicted octanol–water partition coefficient (Wildman–Crippen LogP) is 3.55. The molecule has 1 N–H and O–H groups in total. The zero-order chi connectivity index (χ0) is 21.1. The van der Waals surface area contributed by atoms with Gasteiger partial charge in [-0.05, 0) is 41.1 Å². The molecule has 6 nitrogen and oxygen atoms in total. The number of benzene rings is 3. The first-order chi connectivity index (χ1) is 14.4. The SMILES string of the molecule is O=C(CN1CCN(S(=O)(=O)c2ccc3ccccc3c2)CC1)Nc1cccc(Br)c1. The molecule has 0 bridgehead atoms. The summed E-state index contributed by atoms with van der Waals surface area (Å²) in [6.45, 7) is 1.98. The van der Waals surface area contributed by atoms with Crippen LogP contribution in [0.4, 0.5) is 5.69 Å². The fourth-order valence-electron chi connectivity index (χ4n) is 3.57. The summed E-state index contributed by atoms with van der Waals surface area (Å²) in [6, 6.07) is 20.4. The van der Waals surface area contributed by atoms with Gasteiger partial charge in [0, 0.05) is 36.3 Å². The van der Waals surface area contributed by atoms with Gasteiger partial charge in [0.15, 0.2) is 0 Å². The lowest BCUT2D eigenvalue weighted by atomic mass is 10.1. The Bertz CT molecular complexity index is 1170. The van der Waals surface area contributed by atoms with Crippen LogP contribution in [0.1, 0.15) is 0 Å². The number of nitrogens with zero attached hydrogens (tertiary/aromatic N) is 2. The lowest BCUT2D eigenvalue weighted by Gasteiger charge is -2.33. The lowest BCUT2D eigenvalue weighted by Crippen LogP contribution is -2.50. The van der Waals surface area contributed by atoms with E-state index in [1.807, 2.05) is 59.5 Å². The average Bonchev–Trinajstić information content (AvgIpc) is 2.73. The van der Waals surface area contributed by atoms with Crippen LogP contribution in [0.15, 0.2) is 76.1 Å². The molecule has 30 heavy (non-hydrogen) atoms. The van der Waals surface area contributed by atoms with Crippen molar-refractivity contribution in [1.29, 1.82) is 0 Å². The van der Waals surface area contributed by atoms with Crippen LogP contribution in [0.5, 0.6) is 0 Å². The fraction of sp³-hybridized carbons (Fsp3) is 0.227. The smallest absolute Gasteiger partial charge is 0.243 e. The molecule has 8 heteroatoms. The number of nitrogens with one attached hydrogen (secondary N) is 1. The van der Waals surface area contributed by atoms with E-state index in [1.54, 1.807) is 12.1 Å². The molecule has 0 spiro atoms. The second-order valence-corrected chi connectivity index (χ2v) is 10.1. The van der Waals surface area contributed by atoms with Crippen molar-refractivity contribution in [2.75, 3.05) is 38.0 Å². The molecule has 1 aliphatic heterocycles. The number of hydrogen-bond acceptors (Lipinski definition) is 4. The van der Waals surface area contributed by atoms with Gasteiger partial charge in [-0.2, -0.15) is 4.31 Å². The number of halogens is 1. The van der Waals surface area contributed by atoms with Crippen molar-refractivity contribution in [1.82, 2.24) is 9.21 Å². The maximum atomic E-state index is 13.1. The van der Waals surface area contributed by atoms with Gasteiger partial charge >= 0.3 is 0 Å². The molecule has 0 saturated carbocycles. The Kier molecular flexibility index (Phi) is 6.19. The number of hydrogen-bond donors (Lipinski definition) is 1. The Morgan fingerprint density at radius 3 is 2.37 bits per heavy atom. The molecule has 1 aliphatic rings. The summed E-state index contributed by atoms with van der Waals surface area (Å²) in [5, 5.41) is 4.79. The molecule has 0 unspecified atom stereocenters. The van der Waals surface area contributed by atoms with E-state index in [-0.39, 0.29) is 12.5 Å². The van der Waals surface area contributed by atoms with E-state index in [9.17, 15) is 13.2 Å². The van der Waals surface area contributed by atoms with E-state index >= 15 is 0 Å². The van der Waals surface area contributed by atoms with Crippen molar-refractivity contribution in [3.8, 4) is 0 Å². The fourth-order valence-corrected chi connectivity index (χ4v) is 5.43. The normalized spacial score (nSPS) is 15.9. The molecule has 0 atom stereocenters. The van der Waals surface area contributed by atoms with Gasteiger partial charge in [0.25, 0.3) is 0 Å². The number of piperazine rings is 1. The van der Waals surface area contributed by atoms with E-state index in [0.717, 1.165) is 20.9 Å². The van der Waals surface area contributed by atoms with Crippen LogP contribution in [0.25, 0.3) is 10.8 Å². The molecule has 3 aromatic carbocycles. The van der Waals surface area contributed by atoms with Crippen molar-refractivity contribution in [2.45, 2.75) is 4.90 Å². The van der Waals surface area contributed by atoms with Crippen molar-refractivity contribution in [2.24, 2.45) is 0 Å². The summed E-state index contributed by atoms with van der Waals surface area (Å²) in [5.41, 5.74) is 0.729. The van der Waals surface area contributed by atoms with Crippen molar-refractivity contribution < 1.29 is 13.2 Å². The predicted molar refractivity (Wildman–Crippen MR) is 122 cm³/mol. The van der Waals surface area contributed by atoms with E-state index in [1.165, 1.54) is 4.31 Å². The van der Waals surface area contributed by atoms with Gasteiger partial charge in [0.05, 0.1) is 11.4 Å². The number of rotatable bonds is 5. The third kappa shape index (κ3) is 4.73. The summed E-state index contributed by atoms with van der Waals surface area (Å²) in [7, 11) is -3.56. The van der Waals surface area contributed by atoms with Crippen LogP contribution in [0.2, 0.25) is 0 Å². The third-order valence-electron chi connectivity index (χ3n) is 5.17. The van der Waals surface area contributed by atoms with Crippen molar-refractivity contribution in [3.63, 3.8) is 0 Å². The van der Waals surface area contributed by atoms with Gasteiger partial charge in [-0.3, -0.25) is 9.69 Å². The number of carbonyl (C=O) groups is 1. The molecular weight excluding hydrogens is 466 g/mol. The van der Waals surface area contributed by atoms with Crippen LogP contribution < -0.4 is 5.32 Å². The standard InChI is InChI=1S/C22H22BrN3O3S/c23-19-6-3-7-20(15-19)24-22(27)16-25-10-12-26(13-11-25)30(28,29)21-9-8-17-4-1-2-5-18(17)14-21/h1-9,14-15H,10-13,16H2,(H,24,27). The van der Waals surface area contributed by atoms with Crippen LogP contribution >= 0.6 is 15.9 Å². The van der Waals surface area contributed by atoms with Gasteiger partial charge in [-0.1, -0.05) is 52.3 Å². The first-order valence-corrected chi connectivity index (χ1v) is 11.9. The first-order valence-electron chi connectivity index (χ1n) is 9.68. The summed E-state index contributed by atoms with van der Waals surface area (Å²) in [4.78, 5) is 14.6. The molecular formula is C22H22BrN3O3S. The van der Waals surface area contributed by atoms with E-state index in [0.29, 0.717) is 31.1 Å². The van der Waals surface area contributed by atoms with E-state index in [4.69, 9.17) is 0 Å². The number of carbonyl (C=O) groups excluding carboxylic acids is 1. The number of anilines is 1. The molecule has 0 aromatic heterocycles. The number of amides is 1. The number of sulfonamides is 1. The van der Waals surface area contributed by atoms with Crippen molar-refractivity contribution >= 4 is 48.3 Å². The summed E-state index contributed by atoms with van der Waals surface area (Å²) in [5.74, 6) is -0.112. The topological polar surface area (TPSA) is 69.7 Å². The van der Waals surface area contributed by atoms with E-state index < -0.39 is 10.0 Å². The Labute approximate surface area is 184 Å². The largest absolute Gasteiger partial charge is 0.325 e. The first kappa shape index (κ1) is 21.0. The molecule has 1 saturated heterocycles. The van der Waals surface area contributed by atoms with Gasteiger partial charge in [0.1, 0.15) is 0 Å². The highest BCUT2D eigenvalue weighted by Crippen LogP contribution is 2.23. The molecule has 1 amide bonds. The highest BCUT2D eigenvalue weighted by molar-refractivity contribution is 9.10. The molecule has 0 radical (unpaired) electrons. The minimum absolute atomic E-state index is 0.112. The Morgan fingerprint density at radius 1 is 0.900 bits per heavy atom. The maximum absolute atomic E-state index is 13.1. The minimum Gasteiger partial charge on any atom is -0.325 e. The summed E-state index contributed by atoms with van der Waals surface area (Å²) < 4.78 is 28.5. The summed E-state index contributed by atoms with van der Waals surface area (Å²) in [6.07, 6.45) is 0. The van der Waals surface area contributed by atoms with E-state index in [2.05, 4.69) is 21.2 Å². The minimum atomic E-state index is -3.56.